The second-order valence-corrected chi connectivity index (χ2v) is 5.92. The first-order valence-electron chi connectivity index (χ1n) is 8.05. The molecule has 2 rings (SSSR count). The van der Waals surface area contributed by atoms with Crippen molar-refractivity contribution in [3.8, 4) is 5.75 Å². The molecule has 0 fully saturated rings. The van der Waals surface area contributed by atoms with Crippen LogP contribution in [0.4, 0.5) is 4.79 Å². The van der Waals surface area contributed by atoms with Gasteiger partial charge in [0.05, 0.1) is 11.6 Å². The highest BCUT2D eigenvalue weighted by molar-refractivity contribution is 6.32. The van der Waals surface area contributed by atoms with Gasteiger partial charge in [0.25, 0.3) is 0 Å². The molecular formula is C19H23ClN2O2. The van der Waals surface area contributed by atoms with Crippen LogP contribution in [0.15, 0.2) is 48.5 Å². The van der Waals surface area contributed by atoms with Gasteiger partial charge in [0, 0.05) is 13.1 Å². The fraction of sp³-hybridized carbons (Fsp3) is 0.316. The molecule has 2 aromatic carbocycles. The first-order valence-corrected chi connectivity index (χ1v) is 8.43. The van der Waals surface area contributed by atoms with Gasteiger partial charge in [-0.2, -0.15) is 0 Å². The molecule has 0 saturated heterocycles. The van der Waals surface area contributed by atoms with E-state index < -0.39 is 0 Å². The number of nitrogens with zero attached hydrogens (tertiary/aromatic N) is 1. The molecule has 0 atom stereocenters. The number of urea groups is 1. The number of rotatable bonds is 7. The maximum Gasteiger partial charge on any atom is 0.317 e. The quantitative estimate of drug-likeness (QED) is 0.761. The molecule has 0 spiro atoms. The minimum absolute atomic E-state index is 0.0970. The molecular weight excluding hydrogens is 324 g/mol. The Morgan fingerprint density at radius 1 is 1.21 bits per heavy atom. The SMILES string of the molecule is CCN(Cc1ccccc1)C(=O)NCCOc1cc(C)ccc1Cl. The minimum Gasteiger partial charge on any atom is -0.490 e. The minimum atomic E-state index is -0.0970. The van der Waals surface area contributed by atoms with E-state index in [0.717, 1.165) is 11.1 Å². The predicted octanol–water partition coefficient (Wildman–Crippen LogP) is 4.26. The summed E-state index contributed by atoms with van der Waals surface area (Å²) in [5.41, 5.74) is 2.19. The van der Waals surface area contributed by atoms with Crippen LogP contribution in [0.3, 0.4) is 0 Å². The Kier molecular flexibility index (Phi) is 6.94. The zero-order chi connectivity index (χ0) is 17.4. The zero-order valence-electron chi connectivity index (χ0n) is 14.1. The van der Waals surface area contributed by atoms with E-state index in [-0.39, 0.29) is 6.03 Å². The smallest absolute Gasteiger partial charge is 0.317 e. The van der Waals surface area contributed by atoms with Crippen molar-refractivity contribution >= 4 is 17.6 Å². The topological polar surface area (TPSA) is 41.6 Å². The van der Waals surface area contributed by atoms with E-state index in [0.29, 0.717) is 37.0 Å². The molecule has 1 N–H and O–H groups in total. The Hall–Kier alpha value is -2.20. The Bertz CT molecular complexity index is 662. The third-order valence-corrected chi connectivity index (χ3v) is 3.92. The molecule has 0 unspecified atom stereocenters. The lowest BCUT2D eigenvalue weighted by molar-refractivity contribution is 0.195. The summed E-state index contributed by atoms with van der Waals surface area (Å²) in [6.07, 6.45) is 0. The van der Waals surface area contributed by atoms with E-state index in [1.165, 1.54) is 0 Å². The summed E-state index contributed by atoms with van der Waals surface area (Å²) >= 11 is 6.08. The van der Waals surface area contributed by atoms with Crippen LogP contribution in [-0.2, 0) is 6.54 Å². The molecule has 5 heteroatoms. The van der Waals surface area contributed by atoms with Crippen molar-refractivity contribution in [1.29, 1.82) is 0 Å². The number of benzene rings is 2. The van der Waals surface area contributed by atoms with Crippen LogP contribution in [0.2, 0.25) is 5.02 Å². The average Bonchev–Trinajstić information content (AvgIpc) is 2.60. The van der Waals surface area contributed by atoms with Crippen molar-refractivity contribution < 1.29 is 9.53 Å². The van der Waals surface area contributed by atoms with Gasteiger partial charge in [-0.25, -0.2) is 4.79 Å². The Morgan fingerprint density at radius 3 is 2.67 bits per heavy atom. The molecule has 0 radical (unpaired) electrons. The summed E-state index contributed by atoms with van der Waals surface area (Å²) < 4.78 is 5.63. The highest BCUT2D eigenvalue weighted by Crippen LogP contribution is 2.24. The third-order valence-electron chi connectivity index (χ3n) is 3.61. The number of amides is 2. The summed E-state index contributed by atoms with van der Waals surface area (Å²) in [4.78, 5) is 14.0. The number of halogens is 1. The second kappa shape index (κ2) is 9.18. The van der Waals surface area contributed by atoms with Crippen molar-refractivity contribution in [3.63, 3.8) is 0 Å². The van der Waals surface area contributed by atoms with Crippen LogP contribution in [0.1, 0.15) is 18.1 Å². The molecule has 0 bridgehead atoms. The molecule has 128 valence electrons. The van der Waals surface area contributed by atoms with Crippen LogP contribution in [0, 0.1) is 6.92 Å². The lowest BCUT2D eigenvalue weighted by Crippen LogP contribution is -2.41. The summed E-state index contributed by atoms with van der Waals surface area (Å²) in [6, 6.07) is 15.5. The molecule has 2 aromatic rings. The predicted molar refractivity (Wildman–Crippen MR) is 97.6 cm³/mol. The van der Waals surface area contributed by atoms with Gasteiger partial charge in [-0.3, -0.25) is 0 Å². The largest absolute Gasteiger partial charge is 0.490 e. The van der Waals surface area contributed by atoms with Gasteiger partial charge >= 0.3 is 6.03 Å². The van der Waals surface area contributed by atoms with Crippen LogP contribution >= 0.6 is 11.6 Å². The lowest BCUT2D eigenvalue weighted by atomic mass is 10.2. The van der Waals surface area contributed by atoms with E-state index in [1.807, 2.05) is 62.4 Å². The number of carbonyl (C=O) groups is 1. The lowest BCUT2D eigenvalue weighted by Gasteiger charge is -2.21. The average molecular weight is 347 g/mol. The van der Waals surface area contributed by atoms with Gasteiger partial charge in [-0.1, -0.05) is 48.0 Å². The normalized spacial score (nSPS) is 10.3. The Morgan fingerprint density at radius 2 is 1.96 bits per heavy atom. The van der Waals surface area contributed by atoms with E-state index >= 15 is 0 Å². The second-order valence-electron chi connectivity index (χ2n) is 5.51. The first kappa shape index (κ1) is 18.1. The number of ether oxygens (including phenoxy) is 1. The molecule has 4 nitrogen and oxygen atoms in total. The Labute approximate surface area is 148 Å². The van der Waals surface area contributed by atoms with E-state index in [1.54, 1.807) is 4.90 Å². The van der Waals surface area contributed by atoms with Crippen molar-refractivity contribution in [3.05, 3.63) is 64.7 Å². The van der Waals surface area contributed by atoms with Gasteiger partial charge in [0.1, 0.15) is 12.4 Å². The highest BCUT2D eigenvalue weighted by atomic mass is 35.5. The maximum atomic E-state index is 12.2. The summed E-state index contributed by atoms with van der Waals surface area (Å²) in [7, 11) is 0. The highest BCUT2D eigenvalue weighted by Gasteiger charge is 2.11. The molecule has 24 heavy (non-hydrogen) atoms. The molecule has 0 aliphatic rings. The van der Waals surface area contributed by atoms with Gasteiger partial charge in [-0.05, 0) is 37.1 Å². The van der Waals surface area contributed by atoms with Crippen molar-refractivity contribution in [2.45, 2.75) is 20.4 Å². The molecule has 0 heterocycles. The van der Waals surface area contributed by atoms with Crippen LogP contribution in [-0.4, -0.2) is 30.6 Å². The van der Waals surface area contributed by atoms with Crippen molar-refractivity contribution in [2.75, 3.05) is 19.7 Å². The van der Waals surface area contributed by atoms with Gasteiger partial charge in [0.2, 0.25) is 0 Å². The fourth-order valence-corrected chi connectivity index (χ4v) is 2.46. The summed E-state index contributed by atoms with van der Waals surface area (Å²) in [5, 5.41) is 3.45. The van der Waals surface area contributed by atoms with Crippen LogP contribution in [0.25, 0.3) is 0 Å². The summed E-state index contributed by atoms with van der Waals surface area (Å²) in [6.45, 7) is 5.98. The van der Waals surface area contributed by atoms with E-state index in [4.69, 9.17) is 16.3 Å². The third kappa shape index (κ3) is 5.46. The molecule has 2 amide bonds. The number of nitrogens with one attached hydrogen (secondary N) is 1. The van der Waals surface area contributed by atoms with Crippen molar-refractivity contribution in [2.24, 2.45) is 0 Å². The standard InChI is InChI=1S/C19H23ClN2O2/c1-3-22(14-16-7-5-4-6-8-16)19(23)21-11-12-24-18-13-15(2)9-10-17(18)20/h4-10,13H,3,11-12,14H2,1-2H3,(H,21,23). The van der Waals surface area contributed by atoms with Crippen LogP contribution < -0.4 is 10.1 Å². The van der Waals surface area contributed by atoms with Crippen LogP contribution in [0.5, 0.6) is 5.75 Å². The monoisotopic (exact) mass is 346 g/mol. The Balaban J connectivity index is 1.78. The molecule has 0 aromatic heterocycles. The number of aryl methyl sites for hydroxylation is 1. The zero-order valence-corrected chi connectivity index (χ0v) is 14.8. The molecule has 0 saturated carbocycles. The first-order chi connectivity index (χ1) is 11.6. The summed E-state index contributed by atoms with van der Waals surface area (Å²) in [5.74, 6) is 0.641. The molecule has 0 aliphatic heterocycles. The van der Waals surface area contributed by atoms with Gasteiger partial charge in [-0.15, -0.1) is 0 Å². The van der Waals surface area contributed by atoms with E-state index in [2.05, 4.69) is 5.32 Å². The molecule has 0 aliphatic carbocycles. The van der Waals surface area contributed by atoms with Gasteiger partial charge in [0.15, 0.2) is 0 Å². The fourth-order valence-electron chi connectivity index (χ4n) is 2.28. The van der Waals surface area contributed by atoms with E-state index in [9.17, 15) is 4.79 Å². The number of carbonyl (C=O) groups excluding carboxylic acids is 1. The number of hydrogen-bond acceptors (Lipinski definition) is 2. The maximum absolute atomic E-state index is 12.2. The van der Waals surface area contributed by atoms with Gasteiger partial charge < -0.3 is 15.0 Å². The number of hydrogen-bond donors (Lipinski definition) is 1. The van der Waals surface area contributed by atoms with Crippen molar-refractivity contribution in [1.82, 2.24) is 10.2 Å².